The van der Waals surface area contributed by atoms with Gasteiger partial charge < -0.3 is 10.5 Å². The first-order valence-electron chi connectivity index (χ1n) is 7.63. The number of methoxy groups -OCH3 is 1. The van der Waals surface area contributed by atoms with Crippen LogP contribution in [0.5, 0.6) is 5.75 Å². The van der Waals surface area contributed by atoms with Gasteiger partial charge in [0.1, 0.15) is 22.7 Å². The maximum atomic E-state index is 5.87. The number of ether oxygens (including phenoxy) is 1. The van der Waals surface area contributed by atoms with E-state index in [0.717, 1.165) is 11.1 Å². The minimum absolute atomic E-state index is 0.159. The van der Waals surface area contributed by atoms with E-state index in [1.807, 2.05) is 43.7 Å². The second kappa shape index (κ2) is 5.86. The van der Waals surface area contributed by atoms with Crippen LogP contribution in [0, 0.1) is 0 Å². The van der Waals surface area contributed by atoms with Gasteiger partial charge in [-0.15, -0.1) is 5.10 Å². The Morgan fingerprint density at radius 1 is 1.20 bits per heavy atom. The molecule has 0 amide bonds. The van der Waals surface area contributed by atoms with Gasteiger partial charge in [-0.3, -0.25) is 4.68 Å². The molecule has 0 spiro atoms. The molecule has 1 aromatic carbocycles. The van der Waals surface area contributed by atoms with Gasteiger partial charge in [-0.25, -0.2) is 14.6 Å². The highest BCUT2D eigenvalue weighted by molar-refractivity contribution is 5.95. The molecule has 0 saturated carbocycles. The number of nitrogen functional groups attached to an aromatic ring is 1. The topological polar surface area (TPSA) is 110 Å². The summed E-state index contributed by atoms with van der Waals surface area (Å²) in [6.07, 6.45) is 3.70. The monoisotopic (exact) mass is 336 g/mol. The van der Waals surface area contributed by atoms with Crippen molar-refractivity contribution < 1.29 is 4.74 Å². The molecule has 2 N–H and O–H groups in total. The number of nitrogens with zero attached hydrogens (tertiary/aromatic N) is 7. The smallest absolute Gasteiger partial charge is 0.221 e. The first kappa shape index (κ1) is 15.1. The van der Waals surface area contributed by atoms with Crippen molar-refractivity contribution in [2.45, 2.75) is 6.54 Å². The van der Waals surface area contributed by atoms with E-state index in [1.165, 1.54) is 0 Å². The lowest BCUT2D eigenvalue weighted by atomic mass is 10.1. The van der Waals surface area contributed by atoms with Crippen molar-refractivity contribution in [3.63, 3.8) is 0 Å². The van der Waals surface area contributed by atoms with E-state index < -0.39 is 0 Å². The van der Waals surface area contributed by atoms with E-state index in [4.69, 9.17) is 10.5 Å². The average Bonchev–Trinajstić information content (AvgIpc) is 3.23. The molecule has 25 heavy (non-hydrogen) atoms. The molecule has 0 unspecified atom stereocenters. The number of nitrogens with two attached hydrogens (primary N) is 1. The average molecular weight is 336 g/mol. The van der Waals surface area contributed by atoms with Gasteiger partial charge in [-0.05, 0) is 12.1 Å². The van der Waals surface area contributed by atoms with E-state index in [9.17, 15) is 0 Å². The Morgan fingerprint density at radius 3 is 2.84 bits per heavy atom. The number of aryl methyl sites for hydroxylation is 1. The van der Waals surface area contributed by atoms with Gasteiger partial charge in [0.25, 0.3) is 0 Å². The summed E-state index contributed by atoms with van der Waals surface area (Å²) in [6, 6.07) is 7.55. The van der Waals surface area contributed by atoms with Crippen LogP contribution in [0.3, 0.4) is 0 Å². The zero-order valence-corrected chi connectivity index (χ0v) is 13.8. The summed E-state index contributed by atoms with van der Waals surface area (Å²) in [7, 11) is 3.47. The fourth-order valence-corrected chi connectivity index (χ4v) is 2.70. The van der Waals surface area contributed by atoms with Crippen molar-refractivity contribution in [3.8, 4) is 17.1 Å². The van der Waals surface area contributed by atoms with Crippen molar-refractivity contribution >= 4 is 16.9 Å². The Bertz CT molecular complexity index is 1050. The Hall–Kier alpha value is -3.49. The summed E-state index contributed by atoms with van der Waals surface area (Å²) in [6.45, 7) is 0.523. The number of para-hydroxylation sites is 1. The Balaban J connectivity index is 1.77. The molecular weight excluding hydrogens is 320 g/mol. The molecule has 3 aromatic heterocycles. The van der Waals surface area contributed by atoms with E-state index >= 15 is 0 Å². The standard InChI is InChI=1S/C16H16N8O/c1-23-7-6-10(21-23)8-24-9-12(20-22-24)14-11-4-3-5-13(25-2)15(11)19-16(17)18-14/h3-7,9H,8H2,1-2H3,(H2,17,18,19). The lowest BCUT2D eigenvalue weighted by Crippen LogP contribution is -2.02. The molecule has 0 bridgehead atoms. The van der Waals surface area contributed by atoms with E-state index in [-0.39, 0.29) is 5.95 Å². The Labute approximate surface area is 143 Å². The third kappa shape index (κ3) is 2.75. The molecule has 9 heteroatoms. The summed E-state index contributed by atoms with van der Waals surface area (Å²) >= 11 is 0. The quantitative estimate of drug-likeness (QED) is 0.597. The molecule has 0 aliphatic rings. The zero-order valence-electron chi connectivity index (χ0n) is 13.8. The maximum Gasteiger partial charge on any atom is 0.221 e. The summed E-state index contributed by atoms with van der Waals surface area (Å²) in [5.74, 6) is 0.792. The van der Waals surface area contributed by atoms with Crippen LogP contribution < -0.4 is 10.5 Å². The number of hydrogen-bond acceptors (Lipinski definition) is 7. The number of fused-ring (bicyclic) bond motifs is 1. The van der Waals surface area contributed by atoms with Crippen LogP contribution in [0.25, 0.3) is 22.3 Å². The first-order valence-corrected chi connectivity index (χ1v) is 7.63. The van der Waals surface area contributed by atoms with Crippen molar-refractivity contribution in [1.29, 1.82) is 0 Å². The van der Waals surface area contributed by atoms with Gasteiger partial charge in [-0.2, -0.15) is 5.10 Å². The maximum absolute atomic E-state index is 5.87. The number of hydrogen-bond donors (Lipinski definition) is 1. The second-order valence-corrected chi connectivity index (χ2v) is 5.57. The molecule has 0 fully saturated rings. The van der Waals surface area contributed by atoms with Crippen molar-refractivity contribution in [1.82, 2.24) is 34.7 Å². The van der Waals surface area contributed by atoms with Crippen molar-refractivity contribution in [3.05, 3.63) is 42.4 Å². The van der Waals surface area contributed by atoms with Gasteiger partial charge in [0.15, 0.2) is 0 Å². The highest BCUT2D eigenvalue weighted by Crippen LogP contribution is 2.30. The molecule has 0 aliphatic carbocycles. The Morgan fingerprint density at radius 2 is 2.08 bits per heavy atom. The normalized spacial score (nSPS) is 11.1. The minimum Gasteiger partial charge on any atom is -0.494 e. The predicted molar refractivity (Wildman–Crippen MR) is 91.8 cm³/mol. The van der Waals surface area contributed by atoms with Crippen LogP contribution in [-0.2, 0) is 13.6 Å². The molecule has 0 aliphatic heterocycles. The molecule has 0 atom stereocenters. The van der Waals surface area contributed by atoms with Crippen molar-refractivity contribution in [2.75, 3.05) is 12.8 Å². The fraction of sp³-hybridized carbons (Fsp3) is 0.188. The third-order valence-corrected chi connectivity index (χ3v) is 3.80. The first-order chi connectivity index (χ1) is 12.1. The van der Waals surface area contributed by atoms with Gasteiger partial charge in [0, 0.05) is 18.6 Å². The lowest BCUT2D eigenvalue weighted by Gasteiger charge is -2.07. The summed E-state index contributed by atoms with van der Waals surface area (Å²) in [4.78, 5) is 8.63. The van der Waals surface area contributed by atoms with Crippen LogP contribution in [0.1, 0.15) is 5.69 Å². The van der Waals surface area contributed by atoms with Crippen LogP contribution >= 0.6 is 0 Å². The molecule has 4 rings (SSSR count). The van der Waals surface area contributed by atoms with E-state index in [1.54, 1.807) is 16.5 Å². The van der Waals surface area contributed by atoms with Crippen LogP contribution in [0.15, 0.2) is 36.7 Å². The molecule has 3 heterocycles. The molecule has 9 nitrogen and oxygen atoms in total. The third-order valence-electron chi connectivity index (χ3n) is 3.80. The van der Waals surface area contributed by atoms with Crippen molar-refractivity contribution in [2.24, 2.45) is 7.05 Å². The largest absolute Gasteiger partial charge is 0.494 e. The lowest BCUT2D eigenvalue weighted by molar-refractivity contribution is 0.419. The zero-order chi connectivity index (χ0) is 17.4. The fourth-order valence-electron chi connectivity index (χ4n) is 2.70. The molecule has 4 aromatic rings. The van der Waals surface area contributed by atoms with Gasteiger partial charge in [-0.1, -0.05) is 17.3 Å². The molecule has 126 valence electrons. The van der Waals surface area contributed by atoms with Crippen LogP contribution in [-0.4, -0.2) is 41.9 Å². The van der Waals surface area contributed by atoms with Crippen LogP contribution in [0.4, 0.5) is 5.95 Å². The van der Waals surface area contributed by atoms with E-state index in [0.29, 0.717) is 29.2 Å². The van der Waals surface area contributed by atoms with E-state index in [2.05, 4.69) is 25.4 Å². The minimum atomic E-state index is 0.159. The van der Waals surface area contributed by atoms with Gasteiger partial charge in [0.05, 0.1) is 25.5 Å². The second-order valence-electron chi connectivity index (χ2n) is 5.57. The molecular formula is C16H16N8O. The summed E-state index contributed by atoms with van der Waals surface area (Å²) in [5, 5.41) is 13.5. The molecule has 0 saturated heterocycles. The van der Waals surface area contributed by atoms with Gasteiger partial charge >= 0.3 is 0 Å². The van der Waals surface area contributed by atoms with Gasteiger partial charge in [0.2, 0.25) is 5.95 Å². The Kier molecular flexibility index (Phi) is 3.53. The molecule has 0 radical (unpaired) electrons. The number of rotatable bonds is 4. The number of anilines is 1. The highest BCUT2D eigenvalue weighted by atomic mass is 16.5. The van der Waals surface area contributed by atoms with Crippen LogP contribution in [0.2, 0.25) is 0 Å². The number of aromatic nitrogens is 7. The summed E-state index contributed by atoms with van der Waals surface area (Å²) < 4.78 is 8.82. The highest BCUT2D eigenvalue weighted by Gasteiger charge is 2.15. The summed E-state index contributed by atoms with van der Waals surface area (Å²) in [5.41, 5.74) is 8.65. The predicted octanol–water partition coefficient (Wildman–Crippen LogP) is 1.26. The number of benzene rings is 1. The SMILES string of the molecule is COc1cccc2c(-c3cn(Cc4ccn(C)n4)nn3)nc(N)nc12.